The summed E-state index contributed by atoms with van der Waals surface area (Å²) in [4.78, 5) is 16.0. The molecule has 4 aromatic rings. The van der Waals surface area contributed by atoms with Crippen molar-refractivity contribution in [1.29, 1.82) is 0 Å². The standard InChI is InChI=1S/C28H26N4O3/c1-18-24(31-27(29)30-17-19-5-3-2-4-6-19)25(35-32-18)22-9-7-20(8-10-22)21-11-13-23(14-12-21)28(15-16-28)26(33)34/h2-14H,15-17H2,1H3,(H,33,34)(H3,29,30,31). The normalized spacial score (nSPS) is 14.5. The second kappa shape index (κ2) is 9.10. The second-order valence-corrected chi connectivity index (χ2v) is 8.83. The van der Waals surface area contributed by atoms with Crippen molar-refractivity contribution < 1.29 is 14.4 Å². The quantitative estimate of drug-likeness (QED) is 0.250. The summed E-state index contributed by atoms with van der Waals surface area (Å²) in [6, 6.07) is 25.6. The van der Waals surface area contributed by atoms with Crippen LogP contribution in [0.15, 0.2) is 88.4 Å². The van der Waals surface area contributed by atoms with Crippen molar-refractivity contribution >= 4 is 17.6 Å². The minimum Gasteiger partial charge on any atom is -0.481 e. The Labute approximate surface area is 203 Å². The van der Waals surface area contributed by atoms with Gasteiger partial charge in [-0.3, -0.25) is 4.79 Å². The Bertz CT molecular complexity index is 1370. The second-order valence-electron chi connectivity index (χ2n) is 8.83. The van der Waals surface area contributed by atoms with Crippen LogP contribution < -0.4 is 11.1 Å². The van der Waals surface area contributed by atoms with E-state index >= 15 is 0 Å². The highest BCUT2D eigenvalue weighted by atomic mass is 16.5. The van der Waals surface area contributed by atoms with Crippen LogP contribution in [0, 0.1) is 6.92 Å². The van der Waals surface area contributed by atoms with Crippen LogP contribution in [0.2, 0.25) is 0 Å². The van der Waals surface area contributed by atoms with Gasteiger partial charge in [-0.25, -0.2) is 4.99 Å². The molecule has 0 saturated heterocycles. The van der Waals surface area contributed by atoms with Gasteiger partial charge in [0.1, 0.15) is 11.4 Å². The highest BCUT2D eigenvalue weighted by molar-refractivity contribution is 5.96. The molecule has 176 valence electrons. The smallest absolute Gasteiger partial charge is 0.314 e. The zero-order valence-electron chi connectivity index (χ0n) is 19.4. The number of aliphatic carboxylic acids is 1. The summed E-state index contributed by atoms with van der Waals surface area (Å²) in [5, 5.41) is 16.7. The first-order valence-electron chi connectivity index (χ1n) is 11.5. The third-order valence-electron chi connectivity index (χ3n) is 6.47. The van der Waals surface area contributed by atoms with Gasteiger partial charge in [0.15, 0.2) is 11.7 Å². The van der Waals surface area contributed by atoms with Gasteiger partial charge in [0, 0.05) is 5.56 Å². The third-order valence-corrected chi connectivity index (χ3v) is 6.47. The average molecular weight is 467 g/mol. The average Bonchev–Trinajstić information content (AvgIpc) is 3.63. The number of anilines is 1. The fourth-order valence-corrected chi connectivity index (χ4v) is 4.19. The summed E-state index contributed by atoms with van der Waals surface area (Å²) < 4.78 is 5.59. The lowest BCUT2D eigenvalue weighted by Gasteiger charge is -2.11. The Hall–Kier alpha value is -4.39. The number of guanidine groups is 1. The first-order valence-corrected chi connectivity index (χ1v) is 11.5. The zero-order chi connectivity index (χ0) is 24.4. The van der Waals surface area contributed by atoms with Crippen LogP contribution in [-0.2, 0) is 16.8 Å². The number of carboxylic acid groups (broad SMARTS) is 1. The maximum Gasteiger partial charge on any atom is 0.314 e. The van der Waals surface area contributed by atoms with Crippen LogP contribution >= 0.6 is 0 Å². The molecule has 0 spiro atoms. The summed E-state index contributed by atoms with van der Waals surface area (Å²) in [5.41, 5.74) is 11.6. The van der Waals surface area contributed by atoms with Crippen molar-refractivity contribution in [3.8, 4) is 22.5 Å². The van der Waals surface area contributed by atoms with E-state index in [0.717, 1.165) is 27.8 Å². The molecule has 1 fully saturated rings. The van der Waals surface area contributed by atoms with E-state index in [2.05, 4.69) is 15.5 Å². The summed E-state index contributed by atoms with van der Waals surface area (Å²) in [7, 11) is 0. The topological polar surface area (TPSA) is 114 Å². The molecule has 7 heteroatoms. The number of aryl methyl sites for hydroxylation is 1. The molecule has 35 heavy (non-hydrogen) atoms. The predicted octanol–water partition coefficient (Wildman–Crippen LogP) is 5.36. The Balaban J connectivity index is 1.32. The Kier molecular flexibility index (Phi) is 5.82. The monoisotopic (exact) mass is 466 g/mol. The highest BCUT2D eigenvalue weighted by Crippen LogP contribution is 2.48. The Morgan fingerprint density at radius 3 is 2.20 bits per heavy atom. The molecule has 0 unspecified atom stereocenters. The summed E-state index contributed by atoms with van der Waals surface area (Å²) >= 11 is 0. The van der Waals surface area contributed by atoms with E-state index in [4.69, 9.17) is 10.3 Å². The number of hydrogen-bond acceptors (Lipinski definition) is 4. The van der Waals surface area contributed by atoms with Crippen molar-refractivity contribution in [1.82, 2.24) is 5.16 Å². The number of benzene rings is 3. The molecule has 1 aliphatic carbocycles. The summed E-state index contributed by atoms with van der Waals surface area (Å²) in [6.45, 7) is 2.32. The molecular formula is C28H26N4O3. The van der Waals surface area contributed by atoms with Crippen LogP contribution in [0.5, 0.6) is 0 Å². The van der Waals surface area contributed by atoms with Crippen molar-refractivity contribution in [2.75, 3.05) is 5.32 Å². The van der Waals surface area contributed by atoms with Crippen LogP contribution in [0.3, 0.4) is 0 Å². The number of carbonyl (C=O) groups is 1. The lowest BCUT2D eigenvalue weighted by molar-refractivity contribution is -0.140. The van der Waals surface area contributed by atoms with Crippen molar-refractivity contribution in [3.63, 3.8) is 0 Å². The first kappa shape index (κ1) is 22.4. The minimum absolute atomic E-state index is 0.285. The molecule has 1 aromatic heterocycles. The number of hydrogen-bond donors (Lipinski definition) is 3. The Morgan fingerprint density at radius 1 is 1.00 bits per heavy atom. The third kappa shape index (κ3) is 4.53. The van der Waals surface area contributed by atoms with Crippen LogP contribution in [0.4, 0.5) is 5.69 Å². The lowest BCUT2D eigenvalue weighted by Crippen LogP contribution is -2.23. The van der Waals surface area contributed by atoms with E-state index in [9.17, 15) is 9.90 Å². The number of nitrogens with two attached hydrogens (primary N) is 1. The van der Waals surface area contributed by atoms with Gasteiger partial charge in [-0.15, -0.1) is 0 Å². The van der Waals surface area contributed by atoms with E-state index < -0.39 is 11.4 Å². The van der Waals surface area contributed by atoms with Crippen molar-refractivity contribution in [2.45, 2.75) is 31.7 Å². The van der Waals surface area contributed by atoms with Gasteiger partial charge in [-0.05, 0) is 42.0 Å². The maximum absolute atomic E-state index is 11.6. The molecule has 7 nitrogen and oxygen atoms in total. The van der Waals surface area contributed by atoms with Crippen molar-refractivity contribution in [3.05, 3.63) is 95.7 Å². The number of aliphatic imine (C=N–C) groups is 1. The molecule has 1 saturated carbocycles. The van der Waals surface area contributed by atoms with Gasteiger partial charge in [0.25, 0.3) is 0 Å². The predicted molar refractivity (Wildman–Crippen MR) is 136 cm³/mol. The zero-order valence-corrected chi connectivity index (χ0v) is 19.4. The SMILES string of the molecule is Cc1noc(-c2ccc(-c3ccc(C4(C(=O)O)CC4)cc3)cc2)c1NC(N)=NCc1ccccc1. The summed E-state index contributed by atoms with van der Waals surface area (Å²) in [5.74, 6) is 0.124. The number of nitrogens with one attached hydrogen (secondary N) is 1. The minimum atomic E-state index is -0.743. The van der Waals surface area contributed by atoms with E-state index in [1.807, 2.05) is 85.8 Å². The molecule has 4 N–H and O–H groups in total. The molecular weight excluding hydrogens is 440 g/mol. The molecule has 0 radical (unpaired) electrons. The fourth-order valence-electron chi connectivity index (χ4n) is 4.19. The van der Waals surface area contributed by atoms with Crippen LogP contribution in [0.25, 0.3) is 22.5 Å². The van der Waals surface area contributed by atoms with Gasteiger partial charge < -0.3 is 20.7 Å². The maximum atomic E-state index is 11.6. The van der Waals surface area contributed by atoms with Crippen molar-refractivity contribution in [2.24, 2.45) is 10.7 Å². The molecule has 5 rings (SSSR count). The highest BCUT2D eigenvalue weighted by Gasteiger charge is 2.51. The number of rotatable bonds is 7. The molecule has 3 aromatic carbocycles. The molecule has 0 amide bonds. The van der Waals surface area contributed by atoms with Gasteiger partial charge in [-0.1, -0.05) is 84.0 Å². The fraction of sp³-hybridized carbons (Fsp3) is 0.179. The van der Waals surface area contributed by atoms with Crippen LogP contribution in [0.1, 0.15) is 29.7 Å². The van der Waals surface area contributed by atoms with E-state index in [1.165, 1.54) is 0 Å². The summed E-state index contributed by atoms with van der Waals surface area (Å²) in [6.07, 6.45) is 1.40. The number of carboxylic acids is 1. The van der Waals surface area contributed by atoms with Gasteiger partial charge in [-0.2, -0.15) is 0 Å². The molecule has 1 heterocycles. The van der Waals surface area contributed by atoms with Gasteiger partial charge in [0.05, 0.1) is 12.0 Å². The van der Waals surface area contributed by atoms with Gasteiger partial charge >= 0.3 is 5.97 Å². The van der Waals surface area contributed by atoms with Crippen LogP contribution in [-0.4, -0.2) is 22.2 Å². The Morgan fingerprint density at radius 2 is 1.60 bits per heavy atom. The molecule has 0 bridgehead atoms. The molecule has 1 aliphatic rings. The van der Waals surface area contributed by atoms with E-state index in [-0.39, 0.29) is 5.96 Å². The van der Waals surface area contributed by atoms with Gasteiger partial charge in [0.2, 0.25) is 0 Å². The molecule has 0 aliphatic heterocycles. The number of nitrogens with zero attached hydrogens (tertiary/aromatic N) is 2. The molecule has 0 atom stereocenters. The lowest BCUT2D eigenvalue weighted by atomic mass is 9.93. The largest absolute Gasteiger partial charge is 0.481 e. The first-order chi connectivity index (χ1) is 17.0. The van der Waals surface area contributed by atoms with E-state index in [1.54, 1.807) is 0 Å². The van der Waals surface area contributed by atoms with E-state index in [0.29, 0.717) is 36.5 Å². The number of aromatic nitrogens is 1.